The van der Waals surface area contributed by atoms with Crippen molar-refractivity contribution < 1.29 is 0 Å². The third-order valence-corrected chi connectivity index (χ3v) is 5.05. The summed E-state index contributed by atoms with van der Waals surface area (Å²) in [5, 5.41) is 10.4. The van der Waals surface area contributed by atoms with E-state index in [1.807, 2.05) is 41.8 Å². The molecule has 4 aliphatic heterocycles. The van der Waals surface area contributed by atoms with E-state index in [1.165, 1.54) is 5.57 Å². The second-order valence-electron chi connectivity index (χ2n) is 6.65. The Kier molecular flexibility index (Phi) is 3.14. The molecule has 7 heteroatoms. The van der Waals surface area contributed by atoms with E-state index < -0.39 is 5.79 Å². The Hall–Kier alpha value is -3.19. The van der Waals surface area contributed by atoms with Crippen molar-refractivity contribution in [1.82, 2.24) is 20.2 Å². The maximum atomic E-state index is 5.78. The highest BCUT2D eigenvalue weighted by Gasteiger charge is 2.49. The van der Waals surface area contributed by atoms with Gasteiger partial charge in [-0.3, -0.25) is 9.98 Å². The van der Waals surface area contributed by atoms with Gasteiger partial charge in [0.2, 0.25) is 5.79 Å². The third kappa shape index (κ3) is 2.01. The van der Waals surface area contributed by atoms with Gasteiger partial charge in [-0.2, -0.15) is 5.10 Å². The van der Waals surface area contributed by atoms with Crippen molar-refractivity contribution in [2.45, 2.75) is 19.3 Å². The monoisotopic (exact) mass is 345 g/mol. The minimum Gasteiger partial charge on any atom is -0.342 e. The molecule has 1 aromatic rings. The van der Waals surface area contributed by atoms with Crippen molar-refractivity contribution in [3.05, 3.63) is 71.0 Å². The number of nitrogens with one attached hydrogen (secondary N) is 1. The van der Waals surface area contributed by atoms with E-state index in [1.54, 1.807) is 6.20 Å². The molecule has 0 bridgehead atoms. The first kappa shape index (κ1) is 15.1. The fourth-order valence-electron chi connectivity index (χ4n) is 3.85. The van der Waals surface area contributed by atoms with Gasteiger partial charge in [0, 0.05) is 66.5 Å². The maximum Gasteiger partial charge on any atom is 0.230 e. The van der Waals surface area contributed by atoms with Gasteiger partial charge in [-0.15, -0.1) is 0 Å². The molecule has 26 heavy (non-hydrogen) atoms. The first-order valence-corrected chi connectivity index (χ1v) is 8.59. The summed E-state index contributed by atoms with van der Waals surface area (Å²) in [6.45, 7) is 3.27. The van der Waals surface area contributed by atoms with Crippen LogP contribution in [0.4, 0.5) is 0 Å². The average molecular weight is 345 g/mol. The zero-order valence-corrected chi connectivity index (χ0v) is 14.4. The van der Waals surface area contributed by atoms with Gasteiger partial charge in [0.05, 0.1) is 11.4 Å². The quantitative estimate of drug-likeness (QED) is 0.868. The molecule has 1 unspecified atom stereocenters. The standard InChI is InChI=1S/C19H19N7/c1-13-18(14-3-6-22-17(7-14)8-20)26-19(24-13,4-2-5-23-26)25-11-15-9-21-10-16(15)12-25/h2-7,9-11,24H,8,12,20H2,1H3. The molecule has 0 saturated heterocycles. The Bertz CT molecular complexity index is 966. The molecule has 0 radical (unpaired) electrons. The molecule has 4 aliphatic rings. The van der Waals surface area contributed by atoms with Crippen LogP contribution in [0, 0.1) is 0 Å². The van der Waals surface area contributed by atoms with Crippen LogP contribution in [0.1, 0.15) is 18.2 Å². The number of aromatic nitrogens is 1. The van der Waals surface area contributed by atoms with Crippen LogP contribution in [0.25, 0.3) is 5.70 Å². The lowest BCUT2D eigenvalue weighted by molar-refractivity contribution is 0.0577. The van der Waals surface area contributed by atoms with Crippen LogP contribution in [0.5, 0.6) is 0 Å². The summed E-state index contributed by atoms with van der Waals surface area (Å²) >= 11 is 0. The minimum absolute atomic E-state index is 0.410. The summed E-state index contributed by atoms with van der Waals surface area (Å²) in [5.74, 6) is -0.563. The number of pyridine rings is 1. The third-order valence-electron chi connectivity index (χ3n) is 5.05. The molecule has 130 valence electrons. The molecule has 0 spiro atoms. The fraction of sp³-hybridized carbons (Fsp3) is 0.211. The van der Waals surface area contributed by atoms with Crippen LogP contribution in [-0.2, 0) is 6.54 Å². The van der Waals surface area contributed by atoms with E-state index in [-0.39, 0.29) is 0 Å². The predicted octanol–water partition coefficient (Wildman–Crippen LogP) is 1.51. The molecule has 5 rings (SSSR count). The van der Waals surface area contributed by atoms with Gasteiger partial charge in [-0.1, -0.05) is 0 Å². The van der Waals surface area contributed by atoms with E-state index in [9.17, 15) is 0 Å². The van der Waals surface area contributed by atoms with E-state index in [4.69, 9.17) is 10.8 Å². The first-order chi connectivity index (χ1) is 12.7. The molecule has 0 aliphatic carbocycles. The van der Waals surface area contributed by atoms with Gasteiger partial charge in [0.15, 0.2) is 0 Å². The van der Waals surface area contributed by atoms with E-state index in [0.29, 0.717) is 6.54 Å². The zero-order chi connectivity index (χ0) is 17.7. The number of hydrogen-bond acceptors (Lipinski definition) is 7. The number of aliphatic imine (C=N–C) groups is 1. The smallest absolute Gasteiger partial charge is 0.230 e. The van der Waals surface area contributed by atoms with Crippen LogP contribution in [-0.4, -0.2) is 39.7 Å². The Morgan fingerprint density at radius 3 is 3.15 bits per heavy atom. The molecule has 1 atom stereocenters. The Morgan fingerprint density at radius 2 is 2.31 bits per heavy atom. The number of allylic oxidation sites excluding steroid dienone is 2. The minimum atomic E-state index is -0.563. The van der Waals surface area contributed by atoms with Crippen molar-refractivity contribution in [3.63, 3.8) is 0 Å². The van der Waals surface area contributed by atoms with Crippen molar-refractivity contribution in [1.29, 1.82) is 0 Å². The molecule has 0 saturated carbocycles. The molecule has 1 aromatic heterocycles. The SMILES string of the molecule is CC1=C(c2ccnc(CN)c2)N2N=CC=CC2(N2C=C3C=NC=C3C2)N1. The molecule has 0 aromatic carbocycles. The highest BCUT2D eigenvalue weighted by molar-refractivity contribution is 5.89. The van der Waals surface area contributed by atoms with Crippen LogP contribution >= 0.6 is 0 Å². The van der Waals surface area contributed by atoms with Gasteiger partial charge in [0.1, 0.15) is 0 Å². The number of hydrazone groups is 1. The molecule has 0 amide bonds. The van der Waals surface area contributed by atoms with Crippen LogP contribution in [0.2, 0.25) is 0 Å². The summed E-state index contributed by atoms with van der Waals surface area (Å²) in [7, 11) is 0. The largest absolute Gasteiger partial charge is 0.342 e. The van der Waals surface area contributed by atoms with Gasteiger partial charge >= 0.3 is 0 Å². The second-order valence-corrected chi connectivity index (χ2v) is 6.65. The molecular weight excluding hydrogens is 326 g/mol. The maximum absolute atomic E-state index is 5.78. The molecule has 5 heterocycles. The number of nitrogens with two attached hydrogens (primary N) is 1. The van der Waals surface area contributed by atoms with Crippen molar-refractivity contribution in [3.8, 4) is 0 Å². The van der Waals surface area contributed by atoms with Gasteiger partial charge in [-0.05, 0) is 31.2 Å². The topological polar surface area (TPSA) is 82.1 Å². The van der Waals surface area contributed by atoms with Crippen molar-refractivity contribution in [2.75, 3.05) is 6.54 Å². The fourth-order valence-corrected chi connectivity index (χ4v) is 3.85. The average Bonchev–Trinajstić information content (AvgIpc) is 3.32. The first-order valence-electron chi connectivity index (χ1n) is 8.59. The van der Waals surface area contributed by atoms with Crippen LogP contribution < -0.4 is 11.1 Å². The summed E-state index contributed by atoms with van der Waals surface area (Å²) in [4.78, 5) is 10.8. The number of rotatable bonds is 3. The van der Waals surface area contributed by atoms with Gasteiger partial charge in [-0.25, -0.2) is 5.01 Å². The lowest BCUT2D eigenvalue weighted by atomic mass is 10.1. The van der Waals surface area contributed by atoms with Crippen LogP contribution in [0.3, 0.4) is 0 Å². The summed E-state index contributed by atoms with van der Waals surface area (Å²) in [6, 6.07) is 4.02. The molecule has 7 nitrogen and oxygen atoms in total. The second kappa shape index (κ2) is 5.40. The summed E-state index contributed by atoms with van der Waals surface area (Å²) < 4.78 is 0. The van der Waals surface area contributed by atoms with E-state index in [0.717, 1.165) is 34.8 Å². The summed E-state index contributed by atoms with van der Waals surface area (Å²) in [5.41, 5.74) is 12.2. The zero-order valence-electron chi connectivity index (χ0n) is 14.4. The Morgan fingerprint density at radius 1 is 1.38 bits per heavy atom. The highest BCUT2D eigenvalue weighted by atomic mass is 15.7. The Labute approximate surface area is 151 Å². The predicted molar refractivity (Wildman–Crippen MR) is 101 cm³/mol. The molecule has 0 fully saturated rings. The molecule has 3 N–H and O–H groups in total. The van der Waals surface area contributed by atoms with E-state index in [2.05, 4.69) is 39.4 Å². The molecular formula is C19H19N7. The lowest BCUT2D eigenvalue weighted by Gasteiger charge is -2.43. The number of fused-ring (bicyclic) bond motifs is 2. The van der Waals surface area contributed by atoms with Gasteiger partial charge in [0.25, 0.3) is 0 Å². The van der Waals surface area contributed by atoms with Crippen molar-refractivity contribution >= 4 is 18.1 Å². The number of hydrogen-bond donors (Lipinski definition) is 2. The van der Waals surface area contributed by atoms with E-state index >= 15 is 0 Å². The summed E-state index contributed by atoms with van der Waals surface area (Å²) in [6.07, 6.45) is 13.7. The normalized spacial score (nSPS) is 25.5. The lowest BCUT2D eigenvalue weighted by Crippen LogP contribution is -2.60. The van der Waals surface area contributed by atoms with Crippen LogP contribution in [0.15, 0.2) is 69.8 Å². The van der Waals surface area contributed by atoms with Gasteiger partial charge < -0.3 is 16.0 Å². The number of nitrogens with zero attached hydrogens (tertiary/aromatic N) is 5. The Balaban J connectivity index is 1.58. The van der Waals surface area contributed by atoms with Crippen molar-refractivity contribution in [2.24, 2.45) is 15.8 Å². The highest BCUT2D eigenvalue weighted by Crippen LogP contribution is 2.42.